The van der Waals surface area contributed by atoms with Crippen molar-refractivity contribution in [1.82, 2.24) is 10.6 Å². The number of carboxylic acid groups (broad SMARTS) is 1. The Morgan fingerprint density at radius 2 is 1.04 bits per heavy atom. The van der Waals surface area contributed by atoms with Crippen LogP contribution in [0.3, 0.4) is 0 Å². The number of rotatable bonds is 36. The molecule has 0 aliphatic rings. The van der Waals surface area contributed by atoms with Gasteiger partial charge in [0.15, 0.2) is 0 Å². The van der Waals surface area contributed by atoms with Crippen LogP contribution < -0.4 is 10.6 Å². The monoisotopic (exact) mass is 695 g/mol. The molecule has 286 valence electrons. The molecule has 2 amide bonds. The van der Waals surface area contributed by atoms with Crippen molar-refractivity contribution in [3.05, 3.63) is 12.2 Å². The molecule has 0 saturated carbocycles. The average molecular weight is 695 g/mol. The first kappa shape index (κ1) is 46.6. The van der Waals surface area contributed by atoms with E-state index < -0.39 is 24.5 Å². The Morgan fingerprint density at radius 3 is 1.53 bits per heavy atom. The Morgan fingerprint density at radius 1 is 0.592 bits per heavy atom. The second-order valence-electron chi connectivity index (χ2n) is 13.7. The fraction of sp³-hybridized carbons (Fsp3) is 0.850. The van der Waals surface area contributed by atoms with Crippen molar-refractivity contribution in [2.24, 2.45) is 0 Å². The number of unbranched alkanes of at least 4 members (excludes halogenated alkanes) is 20. The molecule has 0 aliphatic heterocycles. The minimum absolute atomic E-state index is 0.00900. The summed E-state index contributed by atoms with van der Waals surface area (Å²) in [5, 5.41) is 22.5. The number of amides is 2. The summed E-state index contributed by atoms with van der Waals surface area (Å²) in [6.07, 6.45) is 35.3. The van der Waals surface area contributed by atoms with Gasteiger partial charge in [0.25, 0.3) is 0 Å². The first-order valence-corrected chi connectivity index (χ1v) is 20.1. The molecule has 0 aliphatic carbocycles. The van der Waals surface area contributed by atoms with Crippen LogP contribution in [-0.2, 0) is 23.9 Å². The molecule has 0 bridgehead atoms. The molecule has 0 heterocycles. The number of aliphatic hydroxyl groups is 1. The third-order valence-electron chi connectivity index (χ3n) is 9.01. The number of carbonyl (C=O) groups is 4. The number of nitrogens with one attached hydrogen (secondary N) is 2. The van der Waals surface area contributed by atoms with Crippen molar-refractivity contribution in [3.63, 3.8) is 0 Å². The molecule has 2 unspecified atom stereocenters. The Labute approximate surface area is 299 Å². The van der Waals surface area contributed by atoms with Gasteiger partial charge in [0.2, 0.25) is 11.8 Å². The van der Waals surface area contributed by atoms with Crippen LogP contribution in [-0.4, -0.2) is 59.3 Å². The lowest BCUT2D eigenvalue weighted by Gasteiger charge is -2.18. The van der Waals surface area contributed by atoms with E-state index in [1.807, 2.05) is 0 Å². The molecule has 0 aromatic carbocycles. The van der Waals surface area contributed by atoms with E-state index in [4.69, 9.17) is 14.9 Å². The fourth-order valence-electron chi connectivity index (χ4n) is 5.89. The van der Waals surface area contributed by atoms with Crippen LogP contribution in [0.1, 0.15) is 194 Å². The van der Waals surface area contributed by atoms with Crippen molar-refractivity contribution in [2.75, 3.05) is 13.2 Å². The predicted octanol–water partition coefficient (Wildman–Crippen LogP) is 9.09. The highest BCUT2D eigenvalue weighted by atomic mass is 16.5. The van der Waals surface area contributed by atoms with E-state index in [0.717, 1.165) is 64.2 Å². The Hall–Kier alpha value is -2.42. The lowest BCUT2D eigenvalue weighted by molar-refractivity contribution is -0.150. The topological polar surface area (TPSA) is 142 Å². The van der Waals surface area contributed by atoms with Gasteiger partial charge in [-0.3, -0.25) is 14.4 Å². The summed E-state index contributed by atoms with van der Waals surface area (Å²) in [4.78, 5) is 47.3. The van der Waals surface area contributed by atoms with Gasteiger partial charge < -0.3 is 25.6 Å². The Bertz CT molecular complexity index is 848. The highest BCUT2D eigenvalue weighted by Gasteiger charge is 2.19. The first-order chi connectivity index (χ1) is 23.8. The number of aliphatic hydroxyl groups excluding tert-OH is 1. The van der Waals surface area contributed by atoms with Crippen LogP contribution in [0, 0.1) is 0 Å². The zero-order valence-electron chi connectivity index (χ0n) is 31.5. The quantitative estimate of drug-likeness (QED) is 0.0291. The SMILES string of the molecule is CCCCCCCC/C=C\CCCCCCCC(=O)OC(CCCCCCCC)CCCCCCCC(=O)NCC(=O)NC(CO)C(=O)O. The standard InChI is InChI=1S/C40H74N2O7/c1-3-5-7-9-11-12-13-14-15-16-17-18-19-24-28-32-39(46)49-35(29-25-21-10-8-6-4-2)30-26-22-20-23-27-31-37(44)41-33-38(45)42-36(34-43)40(47)48/h14-15,35-36,43H,3-13,16-34H2,1-2H3,(H,41,44)(H,42,45)(H,47,48)/b15-14-. The summed E-state index contributed by atoms with van der Waals surface area (Å²) in [5.74, 6) is -2.30. The van der Waals surface area contributed by atoms with E-state index in [9.17, 15) is 19.2 Å². The molecule has 0 fully saturated rings. The second-order valence-corrected chi connectivity index (χ2v) is 13.7. The van der Waals surface area contributed by atoms with Crippen LogP contribution in [0.5, 0.6) is 0 Å². The molecular formula is C40H74N2O7. The summed E-state index contributed by atoms with van der Waals surface area (Å²) in [6.45, 7) is 3.45. The molecule has 49 heavy (non-hydrogen) atoms. The number of ether oxygens (including phenoxy) is 1. The maximum Gasteiger partial charge on any atom is 0.328 e. The predicted molar refractivity (Wildman–Crippen MR) is 199 cm³/mol. The van der Waals surface area contributed by atoms with Gasteiger partial charge in [-0.25, -0.2) is 4.79 Å². The van der Waals surface area contributed by atoms with Crippen molar-refractivity contribution in [2.45, 2.75) is 206 Å². The van der Waals surface area contributed by atoms with E-state index in [-0.39, 0.29) is 24.5 Å². The van der Waals surface area contributed by atoms with Crippen molar-refractivity contribution < 1.29 is 34.1 Å². The minimum Gasteiger partial charge on any atom is -0.480 e. The van der Waals surface area contributed by atoms with Crippen molar-refractivity contribution in [1.29, 1.82) is 0 Å². The summed E-state index contributed by atoms with van der Waals surface area (Å²) in [5.41, 5.74) is 0. The normalized spacial score (nSPS) is 12.6. The fourth-order valence-corrected chi connectivity index (χ4v) is 5.89. The number of allylic oxidation sites excluding steroid dienone is 2. The zero-order chi connectivity index (χ0) is 36.2. The first-order valence-electron chi connectivity index (χ1n) is 20.1. The third-order valence-corrected chi connectivity index (χ3v) is 9.01. The molecule has 2 atom stereocenters. The van der Waals surface area contributed by atoms with E-state index in [2.05, 4.69) is 36.6 Å². The van der Waals surface area contributed by atoms with Crippen LogP contribution in [0.4, 0.5) is 0 Å². The van der Waals surface area contributed by atoms with E-state index in [1.54, 1.807) is 0 Å². The van der Waals surface area contributed by atoms with Gasteiger partial charge in [-0.05, 0) is 64.2 Å². The van der Waals surface area contributed by atoms with E-state index in [1.165, 1.54) is 96.3 Å². The molecule has 0 spiro atoms. The number of hydrogen-bond donors (Lipinski definition) is 4. The highest BCUT2D eigenvalue weighted by molar-refractivity contribution is 5.87. The number of esters is 1. The van der Waals surface area contributed by atoms with Crippen LogP contribution >= 0.6 is 0 Å². The lowest BCUT2D eigenvalue weighted by Crippen LogP contribution is -2.47. The minimum atomic E-state index is -1.38. The number of carboxylic acids is 1. The van der Waals surface area contributed by atoms with Gasteiger partial charge in [-0.15, -0.1) is 0 Å². The molecule has 0 saturated heterocycles. The van der Waals surface area contributed by atoms with Crippen LogP contribution in [0.2, 0.25) is 0 Å². The maximum atomic E-state index is 12.7. The smallest absolute Gasteiger partial charge is 0.328 e. The Kier molecular flexibility index (Phi) is 33.7. The Balaban J connectivity index is 4.12. The van der Waals surface area contributed by atoms with Gasteiger partial charge >= 0.3 is 11.9 Å². The molecule has 0 radical (unpaired) electrons. The molecule has 9 nitrogen and oxygen atoms in total. The van der Waals surface area contributed by atoms with E-state index >= 15 is 0 Å². The molecule has 0 aromatic heterocycles. The van der Waals surface area contributed by atoms with Crippen molar-refractivity contribution in [3.8, 4) is 0 Å². The van der Waals surface area contributed by atoms with Gasteiger partial charge in [-0.1, -0.05) is 129 Å². The summed E-state index contributed by atoms with van der Waals surface area (Å²) in [6, 6.07) is -1.38. The molecule has 4 N–H and O–H groups in total. The molecule has 0 aromatic rings. The third kappa shape index (κ3) is 32.5. The zero-order valence-corrected chi connectivity index (χ0v) is 31.5. The number of carbonyl (C=O) groups excluding carboxylic acids is 3. The van der Waals surface area contributed by atoms with Gasteiger partial charge in [-0.2, -0.15) is 0 Å². The summed E-state index contributed by atoms with van der Waals surface area (Å²) in [7, 11) is 0. The number of hydrogen-bond acceptors (Lipinski definition) is 6. The van der Waals surface area contributed by atoms with Gasteiger partial charge in [0.05, 0.1) is 13.2 Å². The van der Waals surface area contributed by atoms with Gasteiger partial charge in [0.1, 0.15) is 12.1 Å². The second kappa shape index (κ2) is 35.4. The van der Waals surface area contributed by atoms with Gasteiger partial charge in [0, 0.05) is 12.8 Å². The van der Waals surface area contributed by atoms with Crippen molar-refractivity contribution >= 4 is 23.8 Å². The average Bonchev–Trinajstić information content (AvgIpc) is 3.08. The highest BCUT2D eigenvalue weighted by Crippen LogP contribution is 2.18. The van der Waals surface area contributed by atoms with Crippen LogP contribution in [0.25, 0.3) is 0 Å². The number of aliphatic carboxylic acids is 1. The summed E-state index contributed by atoms with van der Waals surface area (Å²) < 4.78 is 5.97. The molecule has 0 rings (SSSR count). The lowest BCUT2D eigenvalue weighted by atomic mass is 10.0. The van der Waals surface area contributed by atoms with Crippen LogP contribution in [0.15, 0.2) is 12.2 Å². The molecule has 9 heteroatoms. The maximum absolute atomic E-state index is 12.7. The summed E-state index contributed by atoms with van der Waals surface area (Å²) >= 11 is 0. The van der Waals surface area contributed by atoms with E-state index in [0.29, 0.717) is 19.3 Å². The molecular weight excluding hydrogens is 620 g/mol. The largest absolute Gasteiger partial charge is 0.480 e.